The molecule has 0 heterocycles. The molecular weight excluding hydrogens is 212 g/mol. The summed E-state index contributed by atoms with van der Waals surface area (Å²) in [6.07, 6.45) is 0. The summed E-state index contributed by atoms with van der Waals surface area (Å²) in [5.41, 5.74) is 3.21. The van der Waals surface area contributed by atoms with Crippen molar-refractivity contribution in [3.05, 3.63) is 34.9 Å². The standard InChI is InChI=1S/C15H22O2/c1-6-17-15(16)12-7-8-13(10(2)3)14(9-12)11(4)5/h7-11H,6H2,1-5H3. The van der Waals surface area contributed by atoms with Crippen molar-refractivity contribution in [2.24, 2.45) is 0 Å². The fraction of sp³-hybridized carbons (Fsp3) is 0.533. The Morgan fingerprint density at radius 3 is 2.18 bits per heavy atom. The minimum atomic E-state index is -0.232. The van der Waals surface area contributed by atoms with Gasteiger partial charge in [0.2, 0.25) is 0 Å². The molecular formula is C15H22O2. The third kappa shape index (κ3) is 3.32. The number of hydrogen-bond donors (Lipinski definition) is 0. The van der Waals surface area contributed by atoms with Crippen molar-refractivity contribution in [3.63, 3.8) is 0 Å². The molecule has 1 rings (SSSR count). The second-order valence-corrected chi connectivity index (χ2v) is 4.87. The number of ether oxygens (including phenoxy) is 1. The van der Waals surface area contributed by atoms with Crippen LogP contribution in [0.2, 0.25) is 0 Å². The normalized spacial score (nSPS) is 11.0. The van der Waals surface area contributed by atoms with Crippen LogP contribution in [0.5, 0.6) is 0 Å². The van der Waals surface area contributed by atoms with Gasteiger partial charge in [-0.2, -0.15) is 0 Å². The smallest absolute Gasteiger partial charge is 0.338 e. The monoisotopic (exact) mass is 234 g/mol. The highest BCUT2D eigenvalue weighted by molar-refractivity contribution is 5.89. The fourth-order valence-electron chi connectivity index (χ4n) is 1.94. The van der Waals surface area contributed by atoms with Gasteiger partial charge in [0.05, 0.1) is 12.2 Å². The lowest BCUT2D eigenvalue weighted by atomic mass is 9.89. The topological polar surface area (TPSA) is 26.3 Å². The first kappa shape index (κ1) is 13.8. The van der Waals surface area contributed by atoms with Crippen molar-refractivity contribution in [2.45, 2.75) is 46.5 Å². The lowest BCUT2D eigenvalue weighted by Crippen LogP contribution is -2.07. The van der Waals surface area contributed by atoms with Gasteiger partial charge in [-0.25, -0.2) is 4.79 Å². The van der Waals surface area contributed by atoms with Crippen LogP contribution in [-0.2, 0) is 4.74 Å². The lowest BCUT2D eigenvalue weighted by molar-refractivity contribution is 0.0526. The Morgan fingerprint density at radius 2 is 1.71 bits per heavy atom. The van der Waals surface area contributed by atoms with Crippen molar-refractivity contribution in [1.29, 1.82) is 0 Å². The summed E-state index contributed by atoms with van der Waals surface area (Å²) in [6.45, 7) is 10.9. The lowest BCUT2D eigenvalue weighted by Gasteiger charge is -2.16. The number of esters is 1. The van der Waals surface area contributed by atoms with Crippen LogP contribution in [0.25, 0.3) is 0 Å². The number of carbonyl (C=O) groups excluding carboxylic acids is 1. The molecule has 0 saturated heterocycles. The molecule has 0 atom stereocenters. The van der Waals surface area contributed by atoms with E-state index in [4.69, 9.17) is 4.74 Å². The van der Waals surface area contributed by atoms with E-state index in [-0.39, 0.29) is 5.97 Å². The van der Waals surface area contributed by atoms with Gasteiger partial charge in [0.25, 0.3) is 0 Å². The molecule has 0 aliphatic carbocycles. The summed E-state index contributed by atoms with van der Waals surface area (Å²) in [7, 11) is 0. The molecule has 0 N–H and O–H groups in total. The summed E-state index contributed by atoms with van der Waals surface area (Å²) in [5, 5.41) is 0. The van der Waals surface area contributed by atoms with Crippen LogP contribution < -0.4 is 0 Å². The zero-order chi connectivity index (χ0) is 13.0. The van der Waals surface area contributed by atoms with Crippen LogP contribution in [0.4, 0.5) is 0 Å². The van der Waals surface area contributed by atoms with Gasteiger partial charge in [0.15, 0.2) is 0 Å². The van der Waals surface area contributed by atoms with Crippen LogP contribution >= 0.6 is 0 Å². The maximum Gasteiger partial charge on any atom is 0.338 e. The number of benzene rings is 1. The zero-order valence-corrected chi connectivity index (χ0v) is 11.4. The van der Waals surface area contributed by atoms with Crippen LogP contribution in [0.3, 0.4) is 0 Å². The molecule has 0 spiro atoms. The van der Waals surface area contributed by atoms with E-state index in [2.05, 4.69) is 27.7 Å². The van der Waals surface area contributed by atoms with Gasteiger partial charge < -0.3 is 4.74 Å². The Balaban J connectivity index is 3.14. The van der Waals surface area contributed by atoms with Gasteiger partial charge in [0.1, 0.15) is 0 Å². The highest BCUT2D eigenvalue weighted by atomic mass is 16.5. The maximum absolute atomic E-state index is 11.7. The molecule has 0 bridgehead atoms. The molecule has 0 amide bonds. The zero-order valence-electron chi connectivity index (χ0n) is 11.4. The predicted molar refractivity (Wildman–Crippen MR) is 70.6 cm³/mol. The molecule has 1 aromatic carbocycles. The van der Waals surface area contributed by atoms with Crippen molar-refractivity contribution in [3.8, 4) is 0 Å². The summed E-state index contributed by atoms with van der Waals surface area (Å²) < 4.78 is 5.02. The van der Waals surface area contributed by atoms with Crippen LogP contribution in [0.1, 0.15) is 67.9 Å². The molecule has 0 unspecified atom stereocenters. The molecule has 2 nitrogen and oxygen atoms in total. The summed E-state index contributed by atoms with van der Waals surface area (Å²) in [6, 6.07) is 5.88. The first-order chi connectivity index (χ1) is 7.97. The van der Waals surface area contributed by atoms with Gasteiger partial charge in [-0.3, -0.25) is 0 Å². The average Bonchev–Trinajstić information content (AvgIpc) is 2.28. The van der Waals surface area contributed by atoms with Crippen molar-refractivity contribution in [2.75, 3.05) is 6.61 Å². The van der Waals surface area contributed by atoms with Gasteiger partial charge in [-0.15, -0.1) is 0 Å². The van der Waals surface area contributed by atoms with E-state index in [0.29, 0.717) is 24.0 Å². The fourth-order valence-corrected chi connectivity index (χ4v) is 1.94. The molecule has 0 radical (unpaired) electrons. The maximum atomic E-state index is 11.7. The third-order valence-electron chi connectivity index (χ3n) is 2.84. The Hall–Kier alpha value is -1.31. The van der Waals surface area contributed by atoms with E-state index >= 15 is 0 Å². The third-order valence-corrected chi connectivity index (χ3v) is 2.84. The number of rotatable bonds is 4. The minimum Gasteiger partial charge on any atom is -0.462 e. The van der Waals surface area contributed by atoms with Crippen molar-refractivity contribution >= 4 is 5.97 Å². The SMILES string of the molecule is CCOC(=O)c1ccc(C(C)C)c(C(C)C)c1. The van der Waals surface area contributed by atoms with Crippen LogP contribution in [0.15, 0.2) is 18.2 Å². The molecule has 0 aliphatic heterocycles. The molecule has 94 valence electrons. The Morgan fingerprint density at radius 1 is 1.12 bits per heavy atom. The van der Waals surface area contributed by atoms with Crippen molar-refractivity contribution in [1.82, 2.24) is 0 Å². The minimum absolute atomic E-state index is 0.232. The van der Waals surface area contributed by atoms with E-state index < -0.39 is 0 Å². The van der Waals surface area contributed by atoms with Crippen molar-refractivity contribution < 1.29 is 9.53 Å². The molecule has 2 heteroatoms. The quantitative estimate of drug-likeness (QED) is 0.733. The summed E-state index contributed by atoms with van der Waals surface area (Å²) >= 11 is 0. The van der Waals surface area contributed by atoms with Gasteiger partial charge in [-0.05, 0) is 42.0 Å². The average molecular weight is 234 g/mol. The highest BCUT2D eigenvalue weighted by Crippen LogP contribution is 2.27. The largest absolute Gasteiger partial charge is 0.462 e. The van der Waals surface area contributed by atoms with Gasteiger partial charge >= 0.3 is 5.97 Å². The second-order valence-electron chi connectivity index (χ2n) is 4.87. The van der Waals surface area contributed by atoms with Crippen LogP contribution in [0, 0.1) is 0 Å². The highest BCUT2D eigenvalue weighted by Gasteiger charge is 2.14. The second kappa shape index (κ2) is 5.85. The molecule has 17 heavy (non-hydrogen) atoms. The first-order valence-corrected chi connectivity index (χ1v) is 6.28. The molecule has 1 aromatic rings. The number of carbonyl (C=O) groups is 1. The first-order valence-electron chi connectivity index (χ1n) is 6.28. The Kier molecular flexibility index (Phi) is 4.73. The van der Waals surface area contributed by atoms with E-state index in [1.165, 1.54) is 11.1 Å². The van der Waals surface area contributed by atoms with E-state index in [1.54, 1.807) is 0 Å². The van der Waals surface area contributed by atoms with E-state index in [9.17, 15) is 4.79 Å². The Bertz CT molecular complexity index is 392. The molecule has 0 saturated carbocycles. The molecule has 0 aromatic heterocycles. The van der Waals surface area contributed by atoms with E-state index in [1.807, 2.05) is 25.1 Å². The van der Waals surface area contributed by atoms with Gasteiger partial charge in [0, 0.05) is 0 Å². The summed E-state index contributed by atoms with van der Waals surface area (Å²) in [4.78, 5) is 11.7. The molecule has 0 fully saturated rings. The van der Waals surface area contributed by atoms with Gasteiger partial charge in [-0.1, -0.05) is 33.8 Å². The van der Waals surface area contributed by atoms with E-state index in [0.717, 1.165) is 0 Å². The van der Waals surface area contributed by atoms with Crippen LogP contribution in [-0.4, -0.2) is 12.6 Å². The summed E-state index contributed by atoms with van der Waals surface area (Å²) in [5.74, 6) is 0.662. The predicted octanol–water partition coefficient (Wildman–Crippen LogP) is 4.11. The Labute approximate surface area is 104 Å². The number of hydrogen-bond acceptors (Lipinski definition) is 2. The molecule has 0 aliphatic rings.